The Hall–Kier alpha value is -1.06. The number of hydrogen-bond donors (Lipinski definition) is 2. The largest absolute Gasteiger partial charge is 0.399 e. The van der Waals surface area contributed by atoms with Crippen LogP contribution in [0.1, 0.15) is 12.5 Å². The predicted octanol–water partition coefficient (Wildman–Crippen LogP) is 1.15. The van der Waals surface area contributed by atoms with Crippen molar-refractivity contribution in [3.63, 3.8) is 0 Å². The number of nitrogen functional groups attached to an aromatic ring is 1. The van der Waals surface area contributed by atoms with Crippen LogP contribution in [0.2, 0.25) is 0 Å². The van der Waals surface area contributed by atoms with Gasteiger partial charge in [-0.05, 0) is 24.6 Å². The van der Waals surface area contributed by atoms with Crippen molar-refractivity contribution in [1.29, 1.82) is 0 Å². The summed E-state index contributed by atoms with van der Waals surface area (Å²) in [5, 5.41) is 0. The zero-order valence-electron chi connectivity index (χ0n) is 10.1. The van der Waals surface area contributed by atoms with Crippen LogP contribution >= 0.6 is 0 Å². The van der Waals surface area contributed by atoms with Gasteiger partial charge in [0.15, 0.2) is 0 Å². The van der Waals surface area contributed by atoms with E-state index < -0.39 is 0 Å². The van der Waals surface area contributed by atoms with Crippen LogP contribution in [-0.2, 0) is 5.54 Å². The molecule has 0 fully saturated rings. The van der Waals surface area contributed by atoms with Crippen molar-refractivity contribution in [2.45, 2.75) is 12.5 Å². The van der Waals surface area contributed by atoms with Gasteiger partial charge in [0, 0.05) is 5.69 Å². The fraction of sp³-hybridized carbons (Fsp3) is 0.500. The summed E-state index contributed by atoms with van der Waals surface area (Å²) in [5.74, 6) is 0. The predicted molar refractivity (Wildman–Crippen MR) is 65.3 cm³/mol. The number of hydrogen-bond acceptors (Lipinski definition) is 2. The standard InChI is InChI=1S/C12H22N3/c1-12(14,9-15(2,3)4)10-5-7-11(13)8-6-10/h5-8H,9,13-14H2,1-4H3/q+1. The molecule has 84 valence electrons. The molecule has 0 aliphatic carbocycles. The molecule has 0 saturated heterocycles. The van der Waals surface area contributed by atoms with Crippen molar-refractivity contribution in [3.05, 3.63) is 29.8 Å². The van der Waals surface area contributed by atoms with Crippen molar-refractivity contribution >= 4 is 5.69 Å². The molecule has 0 heterocycles. The topological polar surface area (TPSA) is 52.0 Å². The van der Waals surface area contributed by atoms with E-state index in [2.05, 4.69) is 28.1 Å². The third kappa shape index (κ3) is 3.53. The van der Waals surface area contributed by atoms with Gasteiger partial charge in [-0.15, -0.1) is 0 Å². The number of benzene rings is 1. The summed E-state index contributed by atoms with van der Waals surface area (Å²) in [7, 11) is 6.42. The molecule has 0 aliphatic heterocycles. The van der Waals surface area contributed by atoms with Crippen molar-refractivity contribution in [1.82, 2.24) is 0 Å². The summed E-state index contributed by atoms with van der Waals surface area (Å²) in [6.07, 6.45) is 0. The second-order valence-corrected chi connectivity index (χ2v) is 5.49. The van der Waals surface area contributed by atoms with E-state index in [1.807, 2.05) is 24.3 Å². The first kappa shape index (κ1) is 12.0. The third-order valence-corrected chi connectivity index (χ3v) is 2.37. The molecule has 1 atom stereocenters. The summed E-state index contributed by atoms with van der Waals surface area (Å²) in [4.78, 5) is 0. The first-order chi connectivity index (χ1) is 6.71. The van der Waals surface area contributed by atoms with Gasteiger partial charge in [-0.2, -0.15) is 0 Å². The maximum absolute atomic E-state index is 6.32. The van der Waals surface area contributed by atoms with E-state index >= 15 is 0 Å². The van der Waals surface area contributed by atoms with E-state index in [1.165, 1.54) is 0 Å². The first-order valence-corrected chi connectivity index (χ1v) is 5.16. The molecule has 0 radical (unpaired) electrons. The minimum absolute atomic E-state index is 0.314. The summed E-state index contributed by atoms with van der Waals surface area (Å²) < 4.78 is 0.845. The molecule has 1 aromatic carbocycles. The maximum atomic E-state index is 6.32. The van der Waals surface area contributed by atoms with Gasteiger partial charge < -0.3 is 16.0 Å². The fourth-order valence-corrected chi connectivity index (χ4v) is 1.94. The van der Waals surface area contributed by atoms with Gasteiger partial charge in [-0.25, -0.2) is 0 Å². The zero-order valence-corrected chi connectivity index (χ0v) is 10.1. The maximum Gasteiger partial charge on any atom is 0.100 e. The number of quaternary nitrogens is 1. The summed E-state index contributed by atoms with van der Waals surface area (Å²) in [6, 6.07) is 7.81. The minimum atomic E-state index is -0.314. The molecule has 0 spiro atoms. The van der Waals surface area contributed by atoms with E-state index in [1.54, 1.807) is 0 Å². The fourth-order valence-electron chi connectivity index (χ4n) is 1.94. The van der Waals surface area contributed by atoms with Gasteiger partial charge in [0.2, 0.25) is 0 Å². The van der Waals surface area contributed by atoms with Crippen molar-refractivity contribution in [3.8, 4) is 0 Å². The molecular formula is C12H22N3+. The molecule has 4 N–H and O–H groups in total. The van der Waals surface area contributed by atoms with Crippen LogP contribution in [-0.4, -0.2) is 32.2 Å². The Morgan fingerprint density at radius 1 is 1.13 bits per heavy atom. The van der Waals surface area contributed by atoms with Gasteiger partial charge in [0.05, 0.1) is 26.7 Å². The highest BCUT2D eigenvalue weighted by Gasteiger charge is 2.28. The van der Waals surface area contributed by atoms with Crippen molar-refractivity contribution in [2.24, 2.45) is 5.73 Å². The van der Waals surface area contributed by atoms with Gasteiger partial charge in [-0.3, -0.25) is 0 Å². The van der Waals surface area contributed by atoms with E-state index in [0.717, 1.165) is 22.3 Å². The van der Waals surface area contributed by atoms with Crippen molar-refractivity contribution in [2.75, 3.05) is 33.4 Å². The summed E-state index contributed by atoms with van der Waals surface area (Å²) in [6.45, 7) is 2.94. The quantitative estimate of drug-likeness (QED) is 0.578. The molecule has 1 aromatic rings. The van der Waals surface area contributed by atoms with Crippen LogP contribution in [0.25, 0.3) is 0 Å². The lowest BCUT2D eigenvalue weighted by atomic mass is 9.92. The second kappa shape index (κ2) is 3.83. The Morgan fingerprint density at radius 3 is 2.00 bits per heavy atom. The van der Waals surface area contributed by atoms with Gasteiger partial charge >= 0.3 is 0 Å². The molecule has 0 saturated carbocycles. The summed E-state index contributed by atoms with van der Waals surface area (Å²) >= 11 is 0. The normalized spacial score (nSPS) is 16.1. The average Bonchev–Trinajstić information content (AvgIpc) is 2.00. The Balaban J connectivity index is 2.90. The van der Waals surface area contributed by atoms with Crippen LogP contribution in [0.3, 0.4) is 0 Å². The van der Waals surface area contributed by atoms with E-state index in [9.17, 15) is 0 Å². The molecule has 3 heteroatoms. The monoisotopic (exact) mass is 208 g/mol. The molecule has 1 rings (SSSR count). The Bertz CT molecular complexity index is 320. The van der Waals surface area contributed by atoms with Gasteiger partial charge in [-0.1, -0.05) is 12.1 Å². The highest BCUT2D eigenvalue weighted by atomic mass is 15.3. The number of anilines is 1. The van der Waals surface area contributed by atoms with Crippen LogP contribution in [0.5, 0.6) is 0 Å². The molecular weight excluding hydrogens is 186 g/mol. The lowest BCUT2D eigenvalue weighted by Crippen LogP contribution is -2.50. The molecule has 15 heavy (non-hydrogen) atoms. The first-order valence-electron chi connectivity index (χ1n) is 5.16. The van der Waals surface area contributed by atoms with E-state index in [0.29, 0.717) is 0 Å². The van der Waals surface area contributed by atoms with Crippen molar-refractivity contribution < 1.29 is 4.48 Å². The lowest BCUT2D eigenvalue weighted by molar-refractivity contribution is -0.874. The minimum Gasteiger partial charge on any atom is -0.399 e. The number of rotatable bonds is 3. The number of likely N-dealkylation sites (N-methyl/N-ethyl adjacent to an activating group) is 1. The Labute approximate surface area is 92.3 Å². The van der Waals surface area contributed by atoms with E-state index in [-0.39, 0.29) is 5.54 Å². The van der Waals surface area contributed by atoms with Gasteiger partial charge in [0.1, 0.15) is 6.54 Å². The SMILES string of the molecule is CC(N)(C[N+](C)(C)C)c1ccc(N)cc1. The molecule has 1 unspecified atom stereocenters. The molecule has 0 aliphatic rings. The van der Waals surface area contributed by atoms with E-state index in [4.69, 9.17) is 11.5 Å². The lowest BCUT2D eigenvalue weighted by Gasteiger charge is -2.34. The average molecular weight is 208 g/mol. The Kier molecular flexibility index (Phi) is 3.07. The number of nitrogens with zero attached hydrogens (tertiary/aromatic N) is 1. The smallest absolute Gasteiger partial charge is 0.100 e. The third-order valence-electron chi connectivity index (χ3n) is 2.37. The zero-order chi connectivity index (χ0) is 11.7. The second-order valence-electron chi connectivity index (χ2n) is 5.49. The summed E-state index contributed by atoms with van der Waals surface area (Å²) in [5.41, 5.74) is 13.6. The van der Waals surface area contributed by atoms with Gasteiger partial charge in [0.25, 0.3) is 0 Å². The molecule has 3 nitrogen and oxygen atoms in total. The highest BCUT2D eigenvalue weighted by Crippen LogP contribution is 2.21. The van der Waals surface area contributed by atoms with Crippen LogP contribution in [0, 0.1) is 0 Å². The highest BCUT2D eigenvalue weighted by molar-refractivity contribution is 5.41. The molecule has 0 aromatic heterocycles. The molecule has 0 amide bonds. The van der Waals surface area contributed by atoms with Crippen LogP contribution < -0.4 is 11.5 Å². The van der Waals surface area contributed by atoms with Crippen LogP contribution in [0.4, 0.5) is 5.69 Å². The molecule has 0 bridgehead atoms. The van der Waals surface area contributed by atoms with Crippen LogP contribution in [0.15, 0.2) is 24.3 Å². The Morgan fingerprint density at radius 2 is 1.60 bits per heavy atom. The number of nitrogens with two attached hydrogens (primary N) is 2.